The maximum atomic E-state index is 13.1. The number of aromatic nitrogens is 1. The van der Waals surface area contributed by atoms with Crippen LogP contribution in [0.4, 0.5) is 5.69 Å². The molecule has 1 aromatic heterocycles. The molecule has 4 rings (SSSR count). The third-order valence-corrected chi connectivity index (χ3v) is 6.88. The van der Waals surface area contributed by atoms with E-state index in [4.69, 9.17) is 9.47 Å². The molecule has 0 unspecified atom stereocenters. The van der Waals surface area contributed by atoms with Crippen LogP contribution in [-0.2, 0) is 25.9 Å². The highest BCUT2D eigenvalue weighted by Gasteiger charge is 2.31. The summed E-state index contributed by atoms with van der Waals surface area (Å²) in [6.07, 6.45) is 2.61. The van der Waals surface area contributed by atoms with Crippen LogP contribution in [0.2, 0.25) is 0 Å². The van der Waals surface area contributed by atoms with E-state index >= 15 is 0 Å². The molecule has 3 heterocycles. The number of fused-ring (bicyclic) bond motifs is 2. The topological polar surface area (TPSA) is 116 Å². The summed E-state index contributed by atoms with van der Waals surface area (Å²) in [5.74, 6) is -0.901. The lowest BCUT2D eigenvalue weighted by Crippen LogP contribution is -2.33. The molecule has 10 heteroatoms. The normalized spacial score (nSPS) is 19.9. The summed E-state index contributed by atoms with van der Waals surface area (Å²) in [6.45, 7) is 3.89. The van der Waals surface area contributed by atoms with Crippen LogP contribution in [0, 0.1) is 0 Å². The van der Waals surface area contributed by atoms with Crippen molar-refractivity contribution in [2.45, 2.75) is 30.8 Å². The molecule has 2 aliphatic heterocycles. The number of carbonyl (C=O) groups excluding carboxylic acids is 2. The highest BCUT2D eigenvalue weighted by Crippen LogP contribution is 2.30. The zero-order valence-corrected chi connectivity index (χ0v) is 17.3. The Morgan fingerprint density at radius 2 is 2.13 bits per heavy atom. The van der Waals surface area contributed by atoms with Crippen molar-refractivity contribution in [3.63, 3.8) is 0 Å². The Kier molecular flexibility index (Phi) is 5.63. The molecule has 2 aromatic rings. The summed E-state index contributed by atoms with van der Waals surface area (Å²) in [7, 11) is -3.96. The molecule has 0 bridgehead atoms. The van der Waals surface area contributed by atoms with Gasteiger partial charge in [-0.25, -0.2) is 12.4 Å². The first kappa shape index (κ1) is 20.6. The number of ether oxygens (including phenoxy) is 2. The fourth-order valence-electron chi connectivity index (χ4n) is 3.49. The van der Waals surface area contributed by atoms with Gasteiger partial charge in [0, 0.05) is 18.3 Å². The highest BCUT2D eigenvalue weighted by molar-refractivity contribution is 7.90. The Hall–Kier alpha value is -2.69. The maximum absolute atomic E-state index is 13.1. The van der Waals surface area contributed by atoms with Gasteiger partial charge in [-0.15, -0.1) is 0 Å². The summed E-state index contributed by atoms with van der Waals surface area (Å²) in [6, 6.07) is 5.73. The molecule has 30 heavy (non-hydrogen) atoms. The van der Waals surface area contributed by atoms with Crippen molar-refractivity contribution < 1.29 is 27.5 Å². The van der Waals surface area contributed by atoms with Crippen molar-refractivity contribution >= 4 is 27.5 Å². The molecule has 1 saturated heterocycles. The van der Waals surface area contributed by atoms with E-state index in [0.29, 0.717) is 39.2 Å². The predicted octanol–water partition coefficient (Wildman–Crippen LogP) is 1.39. The molecule has 9 nitrogen and oxygen atoms in total. The average Bonchev–Trinajstić information content (AvgIpc) is 3.17. The monoisotopic (exact) mass is 433 g/mol. The van der Waals surface area contributed by atoms with Crippen molar-refractivity contribution in [2.75, 3.05) is 31.7 Å². The van der Waals surface area contributed by atoms with E-state index in [1.807, 2.05) is 6.92 Å². The quantitative estimate of drug-likeness (QED) is 0.736. The number of hydrogen-bond donors (Lipinski definition) is 2. The molecular weight excluding hydrogens is 410 g/mol. The van der Waals surface area contributed by atoms with Crippen LogP contribution in [0.15, 0.2) is 35.4 Å². The van der Waals surface area contributed by atoms with Gasteiger partial charge in [0.1, 0.15) is 10.6 Å². The zero-order chi connectivity index (χ0) is 21.3. The van der Waals surface area contributed by atoms with E-state index in [-0.39, 0.29) is 33.9 Å². The molecule has 2 N–H and O–H groups in total. The molecule has 0 aliphatic carbocycles. The van der Waals surface area contributed by atoms with Crippen LogP contribution in [0.3, 0.4) is 0 Å². The van der Waals surface area contributed by atoms with Gasteiger partial charge in [0.05, 0.1) is 31.6 Å². The Morgan fingerprint density at radius 1 is 1.30 bits per heavy atom. The number of anilines is 1. The van der Waals surface area contributed by atoms with Gasteiger partial charge in [0.15, 0.2) is 0 Å². The molecule has 0 saturated carbocycles. The smallest absolute Gasteiger partial charge is 0.273 e. The van der Waals surface area contributed by atoms with Crippen LogP contribution in [0.1, 0.15) is 39.8 Å². The van der Waals surface area contributed by atoms with Crippen molar-refractivity contribution in [2.24, 2.45) is 0 Å². The van der Waals surface area contributed by atoms with Gasteiger partial charge < -0.3 is 20.1 Å². The number of hydrogen-bond acceptors (Lipinski definition) is 6. The molecular formula is C20H23N3O6S. The second-order valence-electron chi connectivity index (χ2n) is 7.17. The first-order chi connectivity index (χ1) is 14.4. The van der Waals surface area contributed by atoms with E-state index in [0.717, 1.165) is 9.54 Å². The van der Waals surface area contributed by atoms with E-state index in [9.17, 15) is 18.0 Å². The number of nitrogens with one attached hydrogen (secondary N) is 2. The fraction of sp³-hybridized carbons (Fsp3) is 0.400. The second-order valence-corrected chi connectivity index (χ2v) is 8.95. The van der Waals surface area contributed by atoms with Crippen molar-refractivity contribution in [1.82, 2.24) is 9.29 Å². The molecule has 1 atom stereocenters. The van der Waals surface area contributed by atoms with Crippen molar-refractivity contribution in [1.29, 1.82) is 0 Å². The van der Waals surface area contributed by atoms with E-state index in [1.165, 1.54) is 24.4 Å². The first-order valence-electron chi connectivity index (χ1n) is 9.80. The first-order valence-corrected chi connectivity index (χ1v) is 11.2. The van der Waals surface area contributed by atoms with Gasteiger partial charge in [-0.2, -0.15) is 0 Å². The van der Waals surface area contributed by atoms with Crippen LogP contribution in [0.5, 0.6) is 0 Å². The summed E-state index contributed by atoms with van der Waals surface area (Å²) < 4.78 is 38.0. The largest absolute Gasteiger partial charge is 0.376 e. The van der Waals surface area contributed by atoms with E-state index < -0.39 is 15.9 Å². The average molecular weight is 433 g/mol. The van der Waals surface area contributed by atoms with E-state index in [2.05, 4.69) is 10.6 Å². The minimum atomic E-state index is -3.96. The standard InChI is InChI=1S/C20H23N3O6S/c1-2-13-9-17-20(25)22-16-10-14(3-4-18(16)30(26,27)23(17)11-13)19(24)21-6-5-15-12-28-7-8-29-15/h3-4,9-11,15H,2,5-8,12H2,1H3,(H,21,24)(H,22,25)/t15-/m1/s1. The lowest BCUT2D eigenvalue weighted by Gasteiger charge is -2.22. The van der Waals surface area contributed by atoms with Crippen molar-refractivity contribution in [3.05, 3.63) is 47.3 Å². The van der Waals surface area contributed by atoms with Gasteiger partial charge in [-0.3, -0.25) is 9.59 Å². The molecule has 2 amide bonds. The van der Waals surface area contributed by atoms with Crippen LogP contribution < -0.4 is 10.6 Å². The SMILES string of the molecule is CCc1cc2n(c1)S(=O)(=O)c1ccc(C(=O)NCC[C@@H]3COCCO3)cc1NC2=O. The lowest BCUT2D eigenvalue weighted by atomic mass is 10.1. The Bertz CT molecular complexity index is 1090. The van der Waals surface area contributed by atoms with Gasteiger partial charge in [0.2, 0.25) is 0 Å². The maximum Gasteiger partial charge on any atom is 0.273 e. The Labute approximate surface area is 174 Å². The van der Waals surface area contributed by atoms with E-state index in [1.54, 1.807) is 6.07 Å². The van der Waals surface area contributed by atoms with Gasteiger partial charge >= 0.3 is 0 Å². The van der Waals surface area contributed by atoms with Gasteiger partial charge in [-0.1, -0.05) is 6.92 Å². The summed E-state index contributed by atoms with van der Waals surface area (Å²) in [5.41, 5.74) is 1.13. The summed E-state index contributed by atoms with van der Waals surface area (Å²) in [4.78, 5) is 25.0. The summed E-state index contributed by atoms with van der Waals surface area (Å²) in [5, 5.41) is 5.41. The molecule has 2 aliphatic rings. The fourth-order valence-corrected chi connectivity index (χ4v) is 5.00. The number of nitrogens with zero attached hydrogens (tertiary/aromatic N) is 1. The third-order valence-electron chi connectivity index (χ3n) is 5.15. The third kappa shape index (κ3) is 3.85. The van der Waals surface area contributed by atoms with Crippen LogP contribution in [-0.4, -0.2) is 56.7 Å². The minimum Gasteiger partial charge on any atom is -0.376 e. The molecule has 1 aromatic carbocycles. The molecule has 0 spiro atoms. The summed E-state index contributed by atoms with van der Waals surface area (Å²) >= 11 is 0. The van der Waals surface area contributed by atoms with Crippen LogP contribution in [0.25, 0.3) is 0 Å². The lowest BCUT2D eigenvalue weighted by molar-refractivity contribution is -0.0899. The minimum absolute atomic E-state index is 0.0451. The Morgan fingerprint density at radius 3 is 2.87 bits per heavy atom. The molecule has 1 fully saturated rings. The number of aryl methyl sites for hydroxylation is 1. The van der Waals surface area contributed by atoms with Crippen LogP contribution >= 0.6 is 0 Å². The predicted molar refractivity (Wildman–Crippen MR) is 108 cm³/mol. The number of amides is 2. The number of carbonyl (C=O) groups is 2. The highest BCUT2D eigenvalue weighted by atomic mass is 32.2. The number of rotatable bonds is 5. The molecule has 160 valence electrons. The number of benzene rings is 1. The Balaban J connectivity index is 1.54. The molecule has 0 radical (unpaired) electrons. The van der Waals surface area contributed by atoms with Gasteiger partial charge in [0.25, 0.3) is 21.8 Å². The van der Waals surface area contributed by atoms with Crippen molar-refractivity contribution in [3.8, 4) is 0 Å². The van der Waals surface area contributed by atoms with Gasteiger partial charge in [-0.05, 0) is 42.7 Å². The zero-order valence-electron chi connectivity index (χ0n) is 16.5. The second kappa shape index (κ2) is 8.21.